The van der Waals surface area contributed by atoms with Crippen LogP contribution >= 0.6 is 0 Å². The molecule has 3 saturated carbocycles. The molecule has 2 N–H and O–H groups in total. The molecule has 102 valence electrons. The molecular weight excluding hydrogens is 248 g/mol. The first-order valence-corrected chi connectivity index (χ1v) is 8.93. The summed E-state index contributed by atoms with van der Waals surface area (Å²) in [6.07, 6.45) is 5.86. The maximum Gasteiger partial charge on any atom is 0.216 e. The van der Waals surface area contributed by atoms with Gasteiger partial charge in [-0.2, -0.15) is 0 Å². The first kappa shape index (κ1) is 11.7. The van der Waals surface area contributed by atoms with Crippen molar-refractivity contribution in [3.8, 4) is 0 Å². The van der Waals surface area contributed by atoms with Gasteiger partial charge in [-0.1, -0.05) is 0 Å². The highest BCUT2D eigenvalue weighted by molar-refractivity contribution is 7.90. The van der Waals surface area contributed by atoms with Crippen LogP contribution in [-0.2, 0) is 10.0 Å². The van der Waals surface area contributed by atoms with Crippen LogP contribution in [0.4, 0.5) is 0 Å². The van der Waals surface area contributed by atoms with E-state index in [1.807, 2.05) is 0 Å². The fourth-order valence-electron chi connectivity index (χ4n) is 4.85. The molecule has 3 aliphatic carbocycles. The van der Waals surface area contributed by atoms with E-state index in [0.717, 1.165) is 31.2 Å². The molecular formula is C13H22N2O2S. The molecule has 0 amide bonds. The normalized spacial score (nSPS) is 50.2. The van der Waals surface area contributed by atoms with Crippen LogP contribution in [0.25, 0.3) is 0 Å². The van der Waals surface area contributed by atoms with Gasteiger partial charge in [0.2, 0.25) is 10.0 Å². The van der Waals surface area contributed by atoms with E-state index in [0.29, 0.717) is 24.4 Å². The van der Waals surface area contributed by atoms with Gasteiger partial charge in [0.25, 0.3) is 0 Å². The van der Waals surface area contributed by atoms with Crippen molar-refractivity contribution in [2.75, 3.05) is 13.1 Å². The lowest BCUT2D eigenvalue weighted by atomic mass is 10.0. The van der Waals surface area contributed by atoms with E-state index < -0.39 is 10.0 Å². The molecule has 0 radical (unpaired) electrons. The van der Waals surface area contributed by atoms with Crippen LogP contribution in [0.1, 0.15) is 32.1 Å². The molecule has 2 bridgehead atoms. The molecule has 4 fully saturated rings. The highest BCUT2D eigenvalue weighted by atomic mass is 32.2. The van der Waals surface area contributed by atoms with Crippen LogP contribution < -0.4 is 10.0 Å². The summed E-state index contributed by atoms with van der Waals surface area (Å²) < 4.78 is 27.7. The van der Waals surface area contributed by atoms with Crippen molar-refractivity contribution in [2.24, 2.45) is 23.7 Å². The van der Waals surface area contributed by atoms with Crippen molar-refractivity contribution in [2.45, 2.75) is 43.4 Å². The van der Waals surface area contributed by atoms with E-state index in [1.165, 1.54) is 19.3 Å². The topological polar surface area (TPSA) is 58.2 Å². The molecule has 1 saturated heterocycles. The van der Waals surface area contributed by atoms with Crippen molar-refractivity contribution >= 4 is 10.0 Å². The lowest BCUT2D eigenvalue weighted by molar-refractivity contribution is 0.456. The van der Waals surface area contributed by atoms with Gasteiger partial charge in [0.1, 0.15) is 0 Å². The minimum atomic E-state index is -3.09. The average Bonchev–Trinajstić information content (AvgIpc) is 2.77. The van der Waals surface area contributed by atoms with Crippen molar-refractivity contribution < 1.29 is 8.42 Å². The fourth-order valence-corrected chi connectivity index (χ4v) is 6.55. The third-order valence-corrected chi connectivity index (χ3v) is 7.61. The standard InChI is InChI=1S/C13H22N2O2S/c16-18(17,10-2-1-5-14-7-10)15-13-11-8-3-4-9(6-8)12(11)13/h8-15H,1-7H2. The Morgan fingerprint density at radius 2 is 1.78 bits per heavy atom. The molecule has 5 unspecified atom stereocenters. The molecule has 1 heterocycles. The maximum absolute atomic E-state index is 12.3. The third-order valence-electron chi connectivity index (χ3n) is 5.73. The highest BCUT2D eigenvalue weighted by Crippen LogP contribution is 2.65. The monoisotopic (exact) mass is 270 g/mol. The predicted molar refractivity (Wildman–Crippen MR) is 69.5 cm³/mol. The van der Waals surface area contributed by atoms with Gasteiger partial charge >= 0.3 is 0 Å². The van der Waals surface area contributed by atoms with E-state index >= 15 is 0 Å². The molecule has 5 heteroatoms. The molecule has 4 aliphatic rings. The lowest BCUT2D eigenvalue weighted by Crippen LogP contribution is -2.45. The second kappa shape index (κ2) is 3.93. The fraction of sp³-hybridized carbons (Fsp3) is 1.00. The minimum Gasteiger partial charge on any atom is -0.315 e. The average molecular weight is 270 g/mol. The van der Waals surface area contributed by atoms with Crippen LogP contribution in [-0.4, -0.2) is 32.8 Å². The number of hydrogen-bond acceptors (Lipinski definition) is 3. The van der Waals surface area contributed by atoms with Crippen molar-refractivity contribution in [3.05, 3.63) is 0 Å². The summed E-state index contributed by atoms with van der Waals surface area (Å²) in [4.78, 5) is 0. The molecule has 1 aliphatic heterocycles. The van der Waals surface area contributed by atoms with Gasteiger partial charge in [0.05, 0.1) is 5.25 Å². The number of rotatable bonds is 3. The molecule has 0 aromatic carbocycles. The summed E-state index contributed by atoms with van der Waals surface area (Å²) >= 11 is 0. The Labute approximate surface area is 109 Å². The van der Waals surface area contributed by atoms with E-state index in [9.17, 15) is 8.42 Å². The van der Waals surface area contributed by atoms with Crippen LogP contribution in [0.15, 0.2) is 0 Å². The molecule has 4 rings (SSSR count). The van der Waals surface area contributed by atoms with Gasteiger partial charge in [0.15, 0.2) is 0 Å². The van der Waals surface area contributed by atoms with Crippen LogP contribution in [0.5, 0.6) is 0 Å². The maximum atomic E-state index is 12.3. The van der Waals surface area contributed by atoms with Crippen LogP contribution in [0.3, 0.4) is 0 Å². The SMILES string of the molecule is O=S(=O)(NC1C2C3CCC(C3)C12)C1CCCNC1. The molecule has 0 aromatic heterocycles. The quantitative estimate of drug-likeness (QED) is 0.794. The summed E-state index contributed by atoms with van der Waals surface area (Å²) in [5.41, 5.74) is 0. The van der Waals surface area contributed by atoms with E-state index in [-0.39, 0.29) is 5.25 Å². The number of piperidine rings is 1. The van der Waals surface area contributed by atoms with E-state index in [2.05, 4.69) is 10.0 Å². The number of sulfonamides is 1. The van der Waals surface area contributed by atoms with Gasteiger partial charge in [0, 0.05) is 12.6 Å². The summed E-state index contributed by atoms with van der Waals surface area (Å²) in [6.45, 7) is 1.59. The third kappa shape index (κ3) is 1.67. The second-order valence-corrected chi connectivity index (χ2v) is 8.64. The zero-order valence-electron chi connectivity index (χ0n) is 10.6. The zero-order valence-corrected chi connectivity index (χ0v) is 11.5. The Kier molecular flexibility index (Phi) is 2.55. The molecule has 18 heavy (non-hydrogen) atoms. The molecule has 4 nitrogen and oxygen atoms in total. The first-order valence-electron chi connectivity index (χ1n) is 7.39. The first-order chi connectivity index (χ1) is 8.67. The summed E-state index contributed by atoms with van der Waals surface area (Å²) in [5, 5.41) is 2.99. The Balaban J connectivity index is 1.43. The van der Waals surface area contributed by atoms with E-state index in [4.69, 9.17) is 0 Å². The largest absolute Gasteiger partial charge is 0.315 e. The number of fused-ring (bicyclic) bond motifs is 5. The summed E-state index contributed by atoms with van der Waals surface area (Å²) in [7, 11) is -3.09. The van der Waals surface area contributed by atoms with Gasteiger partial charge in [-0.15, -0.1) is 0 Å². The molecule has 0 aromatic rings. The van der Waals surface area contributed by atoms with Gasteiger partial charge in [-0.25, -0.2) is 13.1 Å². The van der Waals surface area contributed by atoms with Crippen LogP contribution in [0, 0.1) is 23.7 Å². The van der Waals surface area contributed by atoms with E-state index in [1.54, 1.807) is 0 Å². The lowest BCUT2D eigenvalue weighted by Gasteiger charge is -2.23. The van der Waals surface area contributed by atoms with Crippen LogP contribution in [0.2, 0.25) is 0 Å². The Hall–Kier alpha value is -0.130. The minimum absolute atomic E-state index is 0.203. The Morgan fingerprint density at radius 1 is 1.06 bits per heavy atom. The van der Waals surface area contributed by atoms with Crippen molar-refractivity contribution in [1.29, 1.82) is 0 Å². The Morgan fingerprint density at radius 3 is 2.39 bits per heavy atom. The smallest absolute Gasteiger partial charge is 0.216 e. The van der Waals surface area contributed by atoms with Gasteiger partial charge in [-0.3, -0.25) is 0 Å². The van der Waals surface area contributed by atoms with Crippen molar-refractivity contribution in [1.82, 2.24) is 10.0 Å². The molecule has 0 spiro atoms. The summed E-state index contributed by atoms with van der Waals surface area (Å²) in [5.74, 6) is 3.04. The van der Waals surface area contributed by atoms with Gasteiger partial charge < -0.3 is 5.32 Å². The molecule has 5 atom stereocenters. The zero-order chi connectivity index (χ0) is 12.3. The highest BCUT2D eigenvalue weighted by Gasteiger charge is 2.65. The van der Waals surface area contributed by atoms with Crippen molar-refractivity contribution in [3.63, 3.8) is 0 Å². The number of hydrogen-bond donors (Lipinski definition) is 2. The van der Waals surface area contributed by atoms with Gasteiger partial charge in [-0.05, 0) is 62.3 Å². The second-order valence-electron chi connectivity index (χ2n) is 6.64. The summed E-state index contributed by atoms with van der Waals surface area (Å²) in [6, 6.07) is 0.295. The predicted octanol–water partition coefficient (Wildman–Crippen LogP) is 0.702. The Bertz CT molecular complexity index is 428. The number of nitrogens with one attached hydrogen (secondary N) is 2.